The molecule has 23 heavy (non-hydrogen) atoms. The molecule has 0 radical (unpaired) electrons. The number of nitrogens with one attached hydrogen (secondary N) is 1. The fraction of sp³-hybridized carbons (Fsp3) is 0.353. The highest BCUT2D eigenvalue weighted by molar-refractivity contribution is 7.10. The number of rotatable bonds is 3. The molecule has 3 rings (SSSR count). The van der Waals surface area contributed by atoms with E-state index in [0.717, 1.165) is 18.9 Å². The minimum atomic E-state index is -4.53. The Morgan fingerprint density at radius 2 is 1.96 bits per heavy atom. The molecule has 0 spiro atoms. The van der Waals surface area contributed by atoms with Crippen LogP contribution in [0.15, 0.2) is 35.7 Å². The first kappa shape index (κ1) is 16.1. The van der Waals surface area contributed by atoms with Gasteiger partial charge in [-0.3, -0.25) is 4.79 Å². The standard InChI is InChI=1S/C17H16F3NOS/c1-10-8-9-23-15(10)12-6-7-14(12)21-16(22)11-4-2-3-5-13(11)17(18,19)20/h2-5,8-9,12,14H,6-7H2,1H3,(H,21,22). The molecule has 1 aromatic heterocycles. The molecule has 1 amide bonds. The molecule has 2 atom stereocenters. The van der Waals surface area contributed by atoms with Crippen LogP contribution in [0.5, 0.6) is 0 Å². The number of carbonyl (C=O) groups is 1. The summed E-state index contributed by atoms with van der Waals surface area (Å²) in [5.41, 5.74) is -0.0242. The molecule has 0 saturated heterocycles. The first-order chi connectivity index (χ1) is 10.9. The molecule has 0 bridgehead atoms. The summed E-state index contributed by atoms with van der Waals surface area (Å²) in [6.07, 6.45) is -2.79. The van der Waals surface area contributed by atoms with E-state index in [4.69, 9.17) is 0 Å². The molecule has 1 heterocycles. The van der Waals surface area contributed by atoms with Gasteiger partial charge in [-0.25, -0.2) is 0 Å². The zero-order chi connectivity index (χ0) is 16.6. The van der Waals surface area contributed by atoms with Gasteiger partial charge in [0.05, 0.1) is 11.1 Å². The molecular formula is C17H16F3NOS. The zero-order valence-electron chi connectivity index (χ0n) is 12.5. The summed E-state index contributed by atoms with van der Waals surface area (Å²) in [5.74, 6) is -0.446. The summed E-state index contributed by atoms with van der Waals surface area (Å²) in [6.45, 7) is 2.02. The van der Waals surface area contributed by atoms with Crippen LogP contribution in [0.3, 0.4) is 0 Å². The van der Waals surface area contributed by atoms with Gasteiger partial charge in [0.25, 0.3) is 5.91 Å². The molecular weight excluding hydrogens is 323 g/mol. The van der Waals surface area contributed by atoms with Gasteiger partial charge < -0.3 is 5.32 Å². The van der Waals surface area contributed by atoms with Gasteiger partial charge in [0.15, 0.2) is 0 Å². The SMILES string of the molecule is Cc1ccsc1C1CCC1NC(=O)c1ccccc1C(F)(F)F. The predicted molar refractivity (Wildman–Crippen MR) is 83.7 cm³/mol. The van der Waals surface area contributed by atoms with Gasteiger partial charge in [0, 0.05) is 16.8 Å². The highest BCUT2D eigenvalue weighted by Crippen LogP contribution is 2.41. The van der Waals surface area contributed by atoms with Crippen LogP contribution >= 0.6 is 11.3 Å². The number of amides is 1. The summed E-state index contributed by atoms with van der Waals surface area (Å²) in [4.78, 5) is 13.5. The van der Waals surface area contributed by atoms with Gasteiger partial charge in [0.1, 0.15) is 0 Å². The first-order valence-corrected chi connectivity index (χ1v) is 8.27. The Morgan fingerprint density at radius 1 is 1.22 bits per heavy atom. The molecule has 1 aromatic carbocycles. The van der Waals surface area contributed by atoms with E-state index in [1.165, 1.54) is 28.6 Å². The van der Waals surface area contributed by atoms with Crippen molar-refractivity contribution in [3.8, 4) is 0 Å². The monoisotopic (exact) mass is 339 g/mol. The highest BCUT2D eigenvalue weighted by atomic mass is 32.1. The molecule has 1 aliphatic carbocycles. The fourth-order valence-electron chi connectivity index (χ4n) is 2.93. The number of alkyl halides is 3. The van der Waals surface area contributed by atoms with Crippen LogP contribution in [0.4, 0.5) is 13.2 Å². The first-order valence-electron chi connectivity index (χ1n) is 7.39. The molecule has 0 aliphatic heterocycles. The summed E-state index contributed by atoms with van der Waals surface area (Å²) in [7, 11) is 0. The molecule has 122 valence electrons. The average Bonchev–Trinajstić information content (AvgIpc) is 2.88. The van der Waals surface area contributed by atoms with Crippen molar-refractivity contribution in [2.45, 2.75) is 37.9 Å². The third kappa shape index (κ3) is 3.13. The van der Waals surface area contributed by atoms with E-state index in [-0.39, 0.29) is 17.5 Å². The van der Waals surface area contributed by atoms with E-state index in [2.05, 4.69) is 5.32 Å². The van der Waals surface area contributed by atoms with Crippen molar-refractivity contribution in [2.24, 2.45) is 0 Å². The second-order valence-corrected chi connectivity index (χ2v) is 6.72. The van der Waals surface area contributed by atoms with Gasteiger partial charge in [-0.05, 0) is 48.9 Å². The van der Waals surface area contributed by atoms with Crippen molar-refractivity contribution in [3.63, 3.8) is 0 Å². The number of hydrogen-bond acceptors (Lipinski definition) is 2. The summed E-state index contributed by atoms with van der Waals surface area (Å²) in [5, 5.41) is 4.78. The number of thiophene rings is 1. The van der Waals surface area contributed by atoms with Crippen molar-refractivity contribution in [2.75, 3.05) is 0 Å². The van der Waals surface area contributed by atoms with Gasteiger partial charge in [0.2, 0.25) is 0 Å². The maximum Gasteiger partial charge on any atom is 0.417 e. The van der Waals surface area contributed by atoms with Crippen LogP contribution < -0.4 is 5.32 Å². The zero-order valence-corrected chi connectivity index (χ0v) is 13.3. The largest absolute Gasteiger partial charge is 0.417 e. The summed E-state index contributed by atoms with van der Waals surface area (Å²) < 4.78 is 39.0. The Bertz CT molecular complexity index is 723. The molecule has 6 heteroatoms. The lowest BCUT2D eigenvalue weighted by atomic mass is 9.77. The van der Waals surface area contributed by atoms with Crippen molar-refractivity contribution in [1.82, 2.24) is 5.32 Å². The summed E-state index contributed by atoms with van der Waals surface area (Å²) in [6, 6.07) is 6.84. The van der Waals surface area contributed by atoms with Gasteiger partial charge in [-0.1, -0.05) is 12.1 Å². The Hall–Kier alpha value is -1.82. The minimum Gasteiger partial charge on any atom is -0.349 e. The van der Waals surface area contributed by atoms with Crippen LogP contribution in [-0.4, -0.2) is 11.9 Å². The van der Waals surface area contributed by atoms with Gasteiger partial charge in [-0.2, -0.15) is 13.2 Å². The van der Waals surface area contributed by atoms with E-state index in [9.17, 15) is 18.0 Å². The number of hydrogen-bond donors (Lipinski definition) is 1. The Kier molecular flexibility index (Phi) is 4.19. The molecule has 2 unspecified atom stereocenters. The van der Waals surface area contributed by atoms with E-state index >= 15 is 0 Å². The number of halogens is 3. The molecule has 1 saturated carbocycles. The Morgan fingerprint density at radius 3 is 2.52 bits per heavy atom. The Balaban J connectivity index is 1.77. The van der Waals surface area contributed by atoms with Gasteiger partial charge in [-0.15, -0.1) is 11.3 Å². The quantitative estimate of drug-likeness (QED) is 0.859. The molecule has 1 N–H and O–H groups in total. The molecule has 2 nitrogen and oxygen atoms in total. The fourth-order valence-corrected chi connectivity index (χ4v) is 4.05. The number of carbonyl (C=O) groups excluding carboxylic acids is 1. The van der Waals surface area contributed by atoms with E-state index < -0.39 is 17.6 Å². The molecule has 1 aliphatic rings. The van der Waals surface area contributed by atoms with E-state index in [1.54, 1.807) is 11.3 Å². The lowest BCUT2D eigenvalue weighted by Crippen LogP contribution is -2.45. The summed E-state index contributed by atoms with van der Waals surface area (Å²) >= 11 is 1.64. The molecule has 2 aromatic rings. The van der Waals surface area contributed by atoms with Crippen LogP contribution in [0, 0.1) is 6.92 Å². The van der Waals surface area contributed by atoms with Gasteiger partial charge >= 0.3 is 6.18 Å². The smallest absolute Gasteiger partial charge is 0.349 e. The van der Waals surface area contributed by atoms with E-state index in [1.807, 2.05) is 18.4 Å². The lowest BCUT2D eigenvalue weighted by Gasteiger charge is -2.37. The lowest BCUT2D eigenvalue weighted by molar-refractivity contribution is -0.137. The third-order valence-electron chi connectivity index (χ3n) is 4.31. The third-order valence-corrected chi connectivity index (χ3v) is 5.46. The number of benzene rings is 1. The van der Waals surface area contributed by atoms with Crippen molar-refractivity contribution in [1.29, 1.82) is 0 Å². The van der Waals surface area contributed by atoms with Crippen LogP contribution in [0.25, 0.3) is 0 Å². The van der Waals surface area contributed by atoms with E-state index in [0.29, 0.717) is 0 Å². The average molecular weight is 339 g/mol. The van der Waals surface area contributed by atoms with Crippen molar-refractivity contribution in [3.05, 3.63) is 57.3 Å². The maximum atomic E-state index is 13.0. The second kappa shape index (κ2) is 6.00. The highest BCUT2D eigenvalue weighted by Gasteiger charge is 2.38. The predicted octanol–water partition coefficient (Wildman–Crippen LogP) is 4.75. The van der Waals surface area contributed by atoms with Crippen molar-refractivity contribution < 1.29 is 18.0 Å². The normalized spacial score (nSPS) is 20.9. The topological polar surface area (TPSA) is 29.1 Å². The Labute approximate surface area is 136 Å². The second-order valence-electron chi connectivity index (χ2n) is 5.78. The minimum absolute atomic E-state index is 0.0962. The molecule has 1 fully saturated rings. The van der Waals surface area contributed by atoms with Crippen molar-refractivity contribution >= 4 is 17.2 Å². The van der Waals surface area contributed by atoms with Crippen LogP contribution in [-0.2, 0) is 6.18 Å². The number of aryl methyl sites for hydroxylation is 1. The van der Waals surface area contributed by atoms with Crippen LogP contribution in [0.2, 0.25) is 0 Å². The van der Waals surface area contributed by atoms with Crippen LogP contribution in [0.1, 0.15) is 45.1 Å². The maximum absolute atomic E-state index is 13.0.